The Labute approximate surface area is 386 Å². The molecule has 322 valence electrons. The molecule has 0 radical (unpaired) electrons. The van der Waals surface area contributed by atoms with E-state index in [1.807, 2.05) is 121 Å². The zero-order chi connectivity index (χ0) is 45.3. The average molecular weight is 899 g/mol. The molecule has 0 bridgehead atoms. The fraction of sp³-hybridized carbons (Fsp3) is 0. The summed E-state index contributed by atoms with van der Waals surface area (Å²) in [4.78, 5) is 3.67. The van der Waals surface area contributed by atoms with Crippen LogP contribution in [0.25, 0.3) is 76.9 Å². The zero-order valence-electron chi connectivity index (χ0n) is 35.2. The Balaban J connectivity index is 0.974. The van der Waals surface area contributed by atoms with Crippen molar-refractivity contribution in [1.29, 1.82) is 0 Å². The topological polar surface area (TPSA) is 32.8 Å². The summed E-state index contributed by atoms with van der Waals surface area (Å²) in [5.41, 5.74) is 5.05. The van der Waals surface area contributed by atoms with Crippen LogP contribution in [-0.2, 0) is 0 Å². The summed E-state index contributed by atoms with van der Waals surface area (Å²) in [7, 11) is 0. The Kier molecular flexibility index (Phi) is 9.62. The molecule has 0 aliphatic rings. The van der Waals surface area contributed by atoms with Gasteiger partial charge in [-0.3, -0.25) is 0 Å². The van der Waals surface area contributed by atoms with Crippen molar-refractivity contribution in [2.45, 2.75) is 4.90 Å². The third-order valence-electron chi connectivity index (χ3n) is 12.5. The Hall–Kier alpha value is -8.27. The summed E-state index contributed by atoms with van der Waals surface area (Å²) in [5, 5.41) is 5.24. The molecule has 0 unspecified atom stereocenters. The van der Waals surface area contributed by atoms with Crippen LogP contribution >= 0.6 is 12.6 Å². The van der Waals surface area contributed by atoms with Crippen LogP contribution in [0.5, 0.6) is 0 Å². The van der Waals surface area contributed by atoms with Crippen LogP contribution in [0.1, 0.15) is 0 Å². The monoisotopic (exact) mass is 898 g/mol. The number of halogens is 4. The second-order valence-electron chi connectivity index (χ2n) is 16.2. The van der Waals surface area contributed by atoms with Gasteiger partial charge in [0.1, 0.15) is 16.9 Å². The minimum atomic E-state index is -1.57. The number of hydrogen-bond donors (Lipinski definition) is 1. The lowest BCUT2D eigenvalue weighted by Gasteiger charge is -2.27. The molecule has 67 heavy (non-hydrogen) atoms. The third kappa shape index (κ3) is 6.45. The summed E-state index contributed by atoms with van der Waals surface area (Å²) < 4.78 is 79.9. The van der Waals surface area contributed by atoms with Gasteiger partial charge in [-0.1, -0.05) is 140 Å². The molecule has 12 aromatic rings. The van der Waals surface area contributed by atoms with Gasteiger partial charge >= 0.3 is 0 Å². The summed E-state index contributed by atoms with van der Waals surface area (Å²) in [5.74, 6) is -6.25. The SMILES string of the molecule is Fc1c(F)c(N(c2ccccc2)c2cccc3c2oc2ccccc23)c(F)c(F)c1-c1ccc(-c2ccc(N(c3ccccc3)c3cccc4c3oc3ccccc34)c3ccccc23)c(S)c1. The Bertz CT molecular complexity index is 3880. The Morgan fingerprint density at radius 3 is 1.39 bits per heavy atom. The molecule has 0 saturated heterocycles. The predicted octanol–water partition coefficient (Wildman–Crippen LogP) is 17.8. The van der Waals surface area contributed by atoms with Gasteiger partial charge in [-0.25, -0.2) is 17.6 Å². The van der Waals surface area contributed by atoms with Crippen LogP contribution < -0.4 is 9.80 Å². The molecule has 0 amide bonds. The van der Waals surface area contributed by atoms with Crippen molar-refractivity contribution in [1.82, 2.24) is 0 Å². The maximum Gasteiger partial charge on any atom is 0.186 e. The number of para-hydroxylation sites is 6. The molecular weight excluding hydrogens is 865 g/mol. The average Bonchev–Trinajstić information content (AvgIpc) is 3.95. The molecule has 2 aromatic heterocycles. The molecule has 0 fully saturated rings. The van der Waals surface area contributed by atoms with Gasteiger partial charge in [0.2, 0.25) is 0 Å². The van der Waals surface area contributed by atoms with Crippen LogP contribution in [0.3, 0.4) is 0 Å². The van der Waals surface area contributed by atoms with Crippen LogP contribution in [-0.4, -0.2) is 0 Å². The summed E-state index contributed by atoms with van der Waals surface area (Å²) in [6.45, 7) is 0. The predicted molar refractivity (Wildman–Crippen MR) is 266 cm³/mol. The van der Waals surface area contributed by atoms with Crippen LogP contribution in [0.4, 0.5) is 51.7 Å². The highest BCUT2D eigenvalue weighted by Crippen LogP contribution is 2.49. The van der Waals surface area contributed by atoms with E-state index in [4.69, 9.17) is 21.5 Å². The number of nitrogens with zero attached hydrogens (tertiary/aromatic N) is 2. The number of anilines is 6. The van der Waals surface area contributed by atoms with Crippen molar-refractivity contribution in [3.05, 3.63) is 223 Å². The first kappa shape index (κ1) is 40.3. The van der Waals surface area contributed by atoms with Gasteiger partial charge in [-0.2, -0.15) is 0 Å². The van der Waals surface area contributed by atoms with E-state index in [0.717, 1.165) is 65.6 Å². The fourth-order valence-electron chi connectivity index (χ4n) is 9.47. The second kappa shape index (κ2) is 16.0. The van der Waals surface area contributed by atoms with Gasteiger partial charge in [0.05, 0.1) is 22.6 Å². The number of rotatable bonds is 8. The van der Waals surface area contributed by atoms with Crippen molar-refractivity contribution in [3.63, 3.8) is 0 Å². The highest BCUT2D eigenvalue weighted by Gasteiger charge is 2.33. The van der Waals surface area contributed by atoms with Crippen LogP contribution in [0, 0.1) is 23.3 Å². The largest absolute Gasteiger partial charge is 0.454 e. The Morgan fingerprint density at radius 1 is 0.358 bits per heavy atom. The quantitative estimate of drug-likeness (QED) is 0.0936. The van der Waals surface area contributed by atoms with Gasteiger partial charge in [0.25, 0.3) is 0 Å². The summed E-state index contributed by atoms with van der Waals surface area (Å²) >= 11 is 4.85. The number of thiol groups is 1. The van der Waals surface area contributed by atoms with E-state index in [-0.39, 0.29) is 16.9 Å². The maximum absolute atomic E-state index is 16.8. The van der Waals surface area contributed by atoms with E-state index in [1.165, 1.54) is 12.1 Å². The van der Waals surface area contributed by atoms with Crippen molar-refractivity contribution in [3.8, 4) is 22.3 Å². The molecule has 0 atom stereocenters. The van der Waals surface area contributed by atoms with E-state index in [0.29, 0.717) is 27.0 Å². The highest BCUT2D eigenvalue weighted by atomic mass is 32.1. The summed E-state index contributed by atoms with van der Waals surface area (Å²) in [6.07, 6.45) is 0. The van der Waals surface area contributed by atoms with E-state index >= 15 is 17.6 Å². The first-order valence-corrected chi connectivity index (χ1v) is 22.0. The van der Waals surface area contributed by atoms with E-state index in [9.17, 15) is 0 Å². The second-order valence-corrected chi connectivity index (χ2v) is 16.7. The third-order valence-corrected chi connectivity index (χ3v) is 12.8. The lowest BCUT2D eigenvalue weighted by atomic mass is 9.94. The number of fused-ring (bicyclic) bond motifs is 7. The first-order chi connectivity index (χ1) is 32.9. The van der Waals surface area contributed by atoms with Crippen molar-refractivity contribution in [2.24, 2.45) is 0 Å². The smallest absolute Gasteiger partial charge is 0.186 e. The van der Waals surface area contributed by atoms with Crippen molar-refractivity contribution >= 4 is 101 Å². The molecule has 9 heteroatoms. The summed E-state index contributed by atoms with van der Waals surface area (Å²) in [6, 6.07) is 61.4. The molecule has 0 N–H and O–H groups in total. The van der Waals surface area contributed by atoms with E-state index in [1.54, 1.807) is 54.6 Å². The lowest BCUT2D eigenvalue weighted by Crippen LogP contribution is -2.16. The van der Waals surface area contributed by atoms with E-state index < -0.39 is 34.5 Å². The van der Waals surface area contributed by atoms with Crippen molar-refractivity contribution < 1.29 is 26.4 Å². The molecule has 4 nitrogen and oxygen atoms in total. The minimum absolute atomic E-state index is 0.0890. The maximum atomic E-state index is 16.8. The molecule has 0 aliphatic carbocycles. The lowest BCUT2D eigenvalue weighted by molar-refractivity contribution is 0.461. The fourth-order valence-corrected chi connectivity index (χ4v) is 9.80. The van der Waals surface area contributed by atoms with Gasteiger partial charge in [-0.05, 0) is 82.7 Å². The van der Waals surface area contributed by atoms with Crippen molar-refractivity contribution in [2.75, 3.05) is 9.80 Å². The Morgan fingerprint density at radius 2 is 0.821 bits per heavy atom. The van der Waals surface area contributed by atoms with Crippen LogP contribution in [0.2, 0.25) is 0 Å². The van der Waals surface area contributed by atoms with Gasteiger partial charge in [-0.15, -0.1) is 12.6 Å². The van der Waals surface area contributed by atoms with Gasteiger partial charge < -0.3 is 18.6 Å². The number of benzene rings is 10. The molecule has 0 spiro atoms. The van der Waals surface area contributed by atoms with Gasteiger partial charge in [0.15, 0.2) is 34.4 Å². The number of furan rings is 2. The van der Waals surface area contributed by atoms with Gasteiger partial charge in [0, 0.05) is 43.2 Å². The minimum Gasteiger partial charge on any atom is -0.454 e. The number of hydrogen-bond acceptors (Lipinski definition) is 5. The first-order valence-electron chi connectivity index (χ1n) is 21.6. The molecule has 0 aliphatic heterocycles. The molecule has 0 saturated carbocycles. The normalized spacial score (nSPS) is 11.7. The molecule has 2 heterocycles. The van der Waals surface area contributed by atoms with Crippen LogP contribution in [0.15, 0.2) is 214 Å². The zero-order valence-corrected chi connectivity index (χ0v) is 36.1. The highest BCUT2D eigenvalue weighted by molar-refractivity contribution is 7.80. The molecule has 12 rings (SSSR count). The standard InChI is InChI=1S/C58H34F4N2O2S/c59-52-51(53(60)55(62)56(54(52)61)64(36-17-5-2-6-18-36)47-26-14-24-44-41-22-10-12-28-49(41)66-58(44)47)34-29-30-42(50(67)33-34)38-31-32-45(39-20-8-7-19-37(38)39)63(35-15-3-1-4-16-35)46-25-13-23-43-40-21-9-11-27-48(40)65-57(43)46/h1-33,67H. The molecule has 10 aromatic carbocycles. The van der Waals surface area contributed by atoms with E-state index in [2.05, 4.69) is 17.0 Å². The molecular formula is C58H34F4N2O2S.